The van der Waals surface area contributed by atoms with Crippen LogP contribution in [0.3, 0.4) is 0 Å². The third-order valence-corrected chi connectivity index (χ3v) is 9.78. The summed E-state index contributed by atoms with van der Waals surface area (Å²) in [7, 11) is -7.37. The second-order valence-corrected chi connectivity index (χ2v) is 13.8. The highest BCUT2D eigenvalue weighted by Gasteiger charge is 2.47. The molecule has 0 N–H and O–H groups in total. The second kappa shape index (κ2) is 10.0. The van der Waals surface area contributed by atoms with E-state index in [1.165, 1.54) is 0 Å². The molecule has 27 heavy (non-hydrogen) atoms. The van der Waals surface area contributed by atoms with Crippen LogP contribution in [0.4, 0.5) is 0 Å². The summed E-state index contributed by atoms with van der Waals surface area (Å²) in [5.41, 5.74) is -1.50. The van der Waals surface area contributed by atoms with E-state index in [1.807, 2.05) is 33.8 Å². The zero-order valence-electron chi connectivity index (χ0n) is 18.6. The van der Waals surface area contributed by atoms with Crippen molar-refractivity contribution < 1.29 is 22.7 Å². The van der Waals surface area contributed by atoms with Gasteiger partial charge in [0, 0.05) is 12.1 Å². The molecule has 160 valence electrons. The molecule has 0 aromatic rings. The molecule has 0 aliphatic rings. The number of hydrogen-bond donors (Lipinski definition) is 0. The van der Waals surface area contributed by atoms with Crippen LogP contribution >= 0.6 is 15.1 Å². The summed E-state index contributed by atoms with van der Waals surface area (Å²) in [6, 6.07) is 1.75. The fraction of sp³-hybridized carbons (Fsp3) is 0.944. The molecule has 0 amide bonds. The molecule has 0 fully saturated rings. The first-order chi connectivity index (χ1) is 11.9. The topological polar surface area (TPSA) is 88.9 Å². The molecule has 0 saturated carbocycles. The first-order valence-electron chi connectivity index (χ1n) is 9.35. The fourth-order valence-electron chi connectivity index (χ4n) is 2.84. The van der Waals surface area contributed by atoms with Gasteiger partial charge < -0.3 is 13.6 Å². The largest absolute Gasteiger partial charge is 0.342 e. The predicted molar refractivity (Wildman–Crippen MR) is 110 cm³/mol. The molecule has 0 heterocycles. The fourth-order valence-corrected chi connectivity index (χ4v) is 9.59. The molecule has 0 rings (SSSR count). The summed E-state index contributed by atoms with van der Waals surface area (Å²) in [6.07, 6.45) is 0.0958. The van der Waals surface area contributed by atoms with Gasteiger partial charge in [-0.1, -0.05) is 0 Å². The van der Waals surface area contributed by atoms with Crippen molar-refractivity contribution in [2.45, 2.75) is 98.9 Å². The molecule has 0 aromatic carbocycles. The Labute approximate surface area is 165 Å². The Morgan fingerprint density at radius 1 is 0.926 bits per heavy atom. The molecule has 9 heteroatoms. The van der Waals surface area contributed by atoms with E-state index >= 15 is 0 Å². The van der Waals surface area contributed by atoms with E-state index in [2.05, 4.69) is 0 Å². The molecule has 0 aliphatic carbocycles. The third-order valence-electron chi connectivity index (χ3n) is 3.09. The van der Waals surface area contributed by atoms with Gasteiger partial charge in [0.2, 0.25) is 0 Å². The minimum Gasteiger partial charge on any atom is -0.316 e. The van der Waals surface area contributed by atoms with Crippen molar-refractivity contribution >= 4 is 15.1 Å². The standard InChI is InChI=1S/C18H38N2O5P2/c1-15(2)20(16(3)4)26(21,23-13-11-12-19)14-27(22,24-17(5,6)7)25-18(8,9)10/h15-16H,11,13-14H2,1-10H3. The van der Waals surface area contributed by atoms with Crippen LogP contribution in [-0.4, -0.2) is 40.5 Å². The van der Waals surface area contributed by atoms with Gasteiger partial charge in [0.15, 0.2) is 0 Å². The molecule has 1 unspecified atom stereocenters. The van der Waals surface area contributed by atoms with Crippen LogP contribution in [-0.2, 0) is 22.7 Å². The zero-order valence-corrected chi connectivity index (χ0v) is 20.4. The summed E-state index contributed by atoms with van der Waals surface area (Å²) < 4.78 is 46.6. The molecule has 0 saturated heterocycles. The van der Waals surface area contributed by atoms with Gasteiger partial charge in [-0.2, -0.15) is 5.26 Å². The Morgan fingerprint density at radius 3 is 1.63 bits per heavy atom. The van der Waals surface area contributed by atoms with Crippen molar-refractivity contribution in [1.82, 2.24) is 4.67 Å². The van der Waals surface area contributed by atoms with E-state index in [-0.39, 0.29) is 31.0 Å². The second-order valence-electron chi connectivity index (χ2n) is 9.11. The van der Waals surface area contributed by atoms with E-state index < -0.39 is 26.3 Å². The number of nitrogens with zero attached hydrogens (tertiary/aromatic N) is 2. The van der Waals surface area contributed by atoms with Crippen LogP contribution in [0.25, 0.3) is 0 Å². The van der Waals surface area contributed by atoms with Crippen LogP contribution in [0.1, 0.15) is 75.7 Å². The van der Waals surface area contributed by atoms with Gasteiger partial charge in [0.05, 0.1) is 30.3 Å². The summed E-state index contributed by atoms with van der Waals surface area (Å²) in [5.74, 6) is -0.365. The Balaban J connectivity index is 6.08. The lowest BCUT2D eigenvalue weighted by molar-refractivity contribution is 0.0505. The first kappa shape index (κ1) is 26.8. The average Bonchev–Trinajstić information content (AvgIpc) is 2.31. The van der Waals surface area contributed by atoms with E-state index in [0.717, 1.165) is 0 Å². The maximum absolute atomic E-state index is 13.9. The Morgan fingerprint density at radius 2 is 1.33 bits per heavy atom. The van der Waals surface area contributed by atoms with Gasteiger partial charge in [0.1, 0.15) is 5.90 Å². The quantitative estimate of drug-likeness (QED) is 0.313. The lowest BCUT2D eigenvalue weighted by Crippen LogP contribution is -2.36. The zero-order chi connectivity index (χ0) is 21.7. The van der Waals surface area contributed by atoms with E-state index in [1.54, 1.807) is 46.2 Å². The summed E-state index contributed by atoms with van der Waals surface area (Å²) in [5, 5.41) is 8.82. The maximum Gasteiger partial charge on any atom is 0.342 e. The lowest BCUT2D eigenvalue weighted by Gasteiger charge is -2.40. The molecular weight excluding hydrogens is 386 g/mol. The number of hydrogen-bond acceptors (Lipinski definition) is 6. The highest BCUT2D eigenvalue weighted by molar-refractivity contribution is 7.72. The van der Waals surface area contributed by atoms with Gasteiger partial charge in [-0.25, -0.2) is 4.67 Å². The van der Waals surface area contributed by atoms with Crippen molar-refractivity contribution in [2.75, 3.05) is 12.5 Å². The van der Waals surface area contributed by atoms with Crippen LogP contribution in [0, 0.1) is 11.3 Å². The predicted octanol–water partition coefficient (Wildman–Crippen LogP) is 6.01. The van der Waals surface area contributed by atoms with E-state index in [0.29, 0.717) is 0 Å². The maximum atomic E-state index is 13.9. The normalized spacial score (nSPS) is 16.0. The highest BCUT2D eigenvalue weighted by atomic mass is 31.2. The van der Waals surface area contributed by atoms with Crippen LogP contribution < -0.4 is 0 Å². The van der Waals surface area contributed by atoms with E-state index in [4.69, 9.17) is 18.8 Å². The van der Waals surface area contributed by atoms with E-state index in [9.17, 15) is 9.13 Å². The Kier molecular flexibility index (Phi) is 9.93. The Hall–Kier alpha value is -0.210. The Bertz CT molecular complexity index is 572. The van der Waals surface area contributed by atoms with Crippen molar-refractivity contribution in [3.63, 3.8) is 0 Å². The van der Waals surface area contributed by atoms with Crippen LogP contribution in [0.15, 0.2) is 0 Å². The molecular formula is C18H38N2O5P2. The highest BCUT2D eigenvalue weighted by Crippen LogP contribution is 2.68. The molecule has 7 nitrogen and oxygen atoms in total. The third kappa shape index (κ3) is 10.2. The van der Waals surface area contributed by atoms with Crippen molar-refractivity contribution in [3.8, 4) is 6.07 Å². The minimum atomic E-state index is -3.78. The average molecular weight is 424 g/mol. The molecule has 0 spiro atoms. The smallest absolute Gasteiger partial charge is 0.316 e. The number of rotatable bonds is 10. The van der Waals surface area contributed by atoms with Gasteiger partial charge in [-0.3, -0.25) is 9.13 Å². The van der Waals surface area contributed by atoms with Gasteiger partial charge in [-0.15, -0.1) is 0 Å². The summed E-state index contributed by atoms with van der Waals surface area (Å²) >= 11 is 0. The summed E-state index contributed by atoms with van der Waals surface area (Å²) in [4.78, 5) is 0. The first-order valence-corrected chi connectivity index (χ1v) is 12.8. The van der Waals surface area contributed by atoms with Crippen molar-refractivity contribution in [3.05, 3.63) is 0 Å². The monoisotopic (exact) mass is 424 g/mol. The lowest BCUT2D eigenvalue weighted by atomic mass is 10.2. The molecule has 0 aliphatic heterocycles. The molecule has 0 bridgehead atoms. The van der Waals surface area contributed by atoms with Crippen molar-refractivity contribution in [1.29, 1.82) is 5.26 Å². The summed E-state index contributed by atoms with van der Waals surface area (Å²) in [6.45, 7) is 18.2. The molecule has 0 radical (unpaired) electrons. The van der Waals surface area contributed by atoms with Crippen LogP contribution in [0.5, 0.6) is 0 Å². The molecule has 0 aromatic heterocycles. The van der Waals surface area contributed by atoms with Gasteiger partial charge in [-0.05, 0) is 69.2 Å². The minimum absolute atomic E-state index is 0.00520. The molecule has 1 atom stereocenters. The van der Waals surface area contributed by atoms with Crippen molar-refractivity contribution in [2.24, 2.45) is 0 Å². The van der Waals surface area contributed by atoms with Gasteiger partial charge >= 0.3 is 7.60 Å². The SMILES string of the molecule is CC(C)N(C(C)C)P(=O)(CP(=O)(OC(C)(C)C)OC(C)(C)C)OCCC#N. The van der Waals surface area contributed by atoms with Gasteiger partial charge in [0.25, 0.3) is 7.52 Å². The van der Waals surface area contributed by atoms with Crippen LogP contribution in [0.2, 0.25) is 0 Å². The number of nitriles is 1.